The molecule has 5 rings (SSSR count). The maximum Gasteiger partial charge on any atom is 0.164 e. The fourth-order valence-electron chi connectivity index (χ4n) is 3.69. The Morgan fingerprint density at radius 1 is 1.12 bits per heavy atom. The van der Waals surface area contributed by atoms with E-state index >= 15 is 0 Å². The SMILES string of the molecule is Cc1[nH]nc2ccc(-c3nnc4n3C(c3ccc(Cl)cc3)CC4)cc12. The lowest BCUT2D eigenvalue weighted by atomic mass is 10.0. The molecule has 1 atom stereocenters. The van der Waals surface area contributed by atoms with Crippen molar-refractivity contribution in [3.05, 3.63) is 64.6 Å². The molecule has 0 fully saturated rings. The number of rotatable bonds is 2. The summed E-state index contributed by atoms with van der Waals surface area (Å²) in [7, 11) is 0. The van der Waals surface area contributed by atoms with Crippen LogP contribution in [0.15, 0.2) is 42.5 Å². The van der Waals surface area contributed by atoms with E-state index in [0.717, 1.165) is 51.7 Å². The van der Waals surface area contributed by atoms with Crippen LogP contribution in [-0.2, 0) is 6.42 Å². The van der Waals surface area contributed by atoms with Crippen molar-refractivity contribution >= 4 is 22.5 Å². The third-order valence-corrected chi connectivity index (χ3v) is 5.23. The largest absolute Gasteiger partial charge is 0.303 e. The van der Waals surface area contributed by atoms with E-state index in [2.05, 4.69) is 49.2 Å². The summed E-state index contributed by atoms with van der Waals surface area (Å²) in [6.07, 6.45) is 1.97. The predicted molar refractivity (Wildman–Crippen MR) is 97.8 cm³/mol. The van der Waals surface area contributed by atoms with Gasteiger partial charge in [-0.05, 0) is 49.2 Å². The molecule has 0 saturated carbocycles. The van der Waals surface area contributed by atoms with Gasteiger partial charge >= 0.3 is 0 Å². The summed E-state index contributed by atoms with van der Waals surface area (Å²) < 4.78 is 2.26. The summed E-state index contributed by atoms with van der Waals surface area (Å²) in [5.74, 6) is 1.95. The highest BCUT2D eigenvalue weighted by Crippen LogP contribution is 2.36. The van der Waals surface area contributed by atoms with Crippen molar-refractivity contribution in [1.82, 2.24) is 25.0 Å². The molecule has 1 N–H and O–H groups in total. The minimum Gasteiger partial charge on any atom is -0.303 e. The second-order valence-electron chi connectivity index (χ2n) is 6.50. The van der Waals surface area contributed by atoms with Crippen molar-refractivity contribution in [3.8, 4) is 11.4 Å². The van der Waals surface area contributed by atoms with Gasteiger partial charge in [-0.25, -0.2) is 0 Å². The minimum absolute atomic E-state index is 0.249. The van der Waals surface area contributed by atoms with E-state index < -0.39 is 0 Å². The molecule has 0 bridgehead atoms. The topological polar surface area (TPSA) is 59.4 Å². The molecule has 4 aromatic rings. The summed E-state index contributed by atoms with van der Waals surface area (Å²) in [6, 6.07) is 14.6. The minimum atomic E-state index is 0.249. The highest BCUT2D eigenvalue weighted by Gasteiger charge is 2.29. The zero-order valence-corrected chi connectivity index (χ0v) is 14.5. The Kier molecular flexibility index (Phi) is 3.18. The molecule has 3 heterocycles. The van der Waals surface area contributed by atoms with Crippen LogP contribution in [0.3, 0.4) is 0 Å². The standard InChI is InChI=1S/C19H16ClN5/c1-11-15-10-13(4-7-16(15)22-21-11)19-24-23-18-9-8-17(25(18)19)12-2-5-14(20)6-3-12/h2-7,10,17H,8-9H2,1H3,(H,21,22). The van der Waals surface area contributed by atoms with Crippen molar-refractivity contribution < 1.29 is 0 Å². The number of fused-ring (bicyclic) bond motifs is 2. The van der Waals surface area contributed by atoms with Crippen LogP contribution in [0.4, 0.5) is 0 Å². The van der Waals surface area contributed by atoms with Gasteiger partial charge in [0.25, 0.3) is 0 Å². The summed E-state index contributed by atoms with van der Waals surface area (Å²) in [5, 5.41) is 18.1. The molecule has 124 valence electrons. The first-order valence-corrected chi connectivity index (χ1v) is 8.73. The van der Waals surface area contributed by atoms with Gasteiger partial charge in [0.05, 0.1) is 11.6 Å². The van der Waals surface area contributed by atoms with Crippen LogP contribution >= 0.6 is 11.6 Å². The molecule has 2 aromatic carbocycles. The van der Waals surface area contributed by atoms with E-state index in [9.17, 15) is 0 Å². The van der Waals surface area contributed by atoms with E-state index in [1.165, 1.54) is 5.56 Å². The van der Waals surface area contributed by atoms with Gasteiger partial charge in [0.1, 0.15) is 5.82 Å². The normalized spacial score (nSPS) is 16.5. The number of nitrogens with zero attached hydrogens (tertiary/aromatic N) is 4. The average molecular weight is 350 g/mol. The van der Waals surface area contributed by atoms with Gasteiger partial charge in [0.15, 0.2) is 5.82 Å². The first-order chi connectivity index (χ1) is 12.2. The van der Waals surface area contributed by atoms with E-state index in [0.29, 0.717) is 0 Å². The van der Waals surface area contributed by atoms with E-state index in [1.54, 1.807) is 0 Å². The second-order valence-corrected chi connectivity index (χ2v) is 6.93. The van der Waals surface area contributed by atoms with Crippen LogP contribution in [0.2, 0.25) is 5.02 Å². The van der Waals surface area contributed by atoms with Crippen LogP contribution in [0.5, 0.6) is 0 Å². The van der Waals surface area contributed by atoms with E-state index in [1.807, 2.05) is 25.1 Å². The van der Waals surface area contributed by atoms with E-state index in [4.69, 9.17) is 11.6 Å². The highest BCUT2D eigenvalue weighted by molar-refractivity contribution is 6.30. The number of aromatic amines is 1. The average Bonchev–Trinajstić information content (AvgIpc) is 3.31. The lowest BCUT2D eigenvalue weighted by Crippen LogP contribution is -2.07. The van der Waals surface area contributed by atoms with Gasteiger partial charge in [-0.3, -0.25) is 5.10 Å². The number of benzene rings is 2. The Hall–Kier alpha value is -2.66. The second kappa shape index (κ2) is 5.43. The number of aryl methyl sites for hydroxylation is 2. The number of hydrogen-bond donors (Lipinski definition) is 1. The lowest BCUT2D eigenvalue weighted by Gasteiger charge is -2.16. The van der Waals surface area contributed by atoms with Gasteiger partial charge in [-0.1, -0.05) is 23.7 Å². The van der Waals surface area contributed by atoms with Gasteiger partial charge in [-0.2, -0.15) is 5.10 Å². The number of H-pyrrole nitrogens is 1. The molecule has 25 heavy (non-hydrogen) atoms. The Bertz CT molecular complexity index is 1080. The summed E-state index contributed by atoms with van der Waals surface area (Å²) in [4.78, 5) is 0. The molecule has 0 saturated heterocycles. The first kappa shape index (κ1) is 14.7. The monoisotopic (exact) mass is 349 g/mol. The van der Waals surface area contributed by atoms with Crippen LogP contribution in [0.1, 0.15) is 29.5 Å². The zero-order chi connectivity index (χ0) is 17.0. The number of halogens is 1. The van der Waals surface area contributed by atoms with Gasteiger partial charge in [0.2, 0.25) is 0 Å². The molecule has 0 radical (unpaired) electrons. The molecular weight excluding hydrogens is 334 g/mol. The zero-order valence-electron chi connectivity index (χ0n) is 13.7. The van der Waals surface area contributed by atoms with Crippen LogP contribution < -0.4 is 0 Å². The van der Waals surface area contributed by atoms with Crippen LogP contribution in [-0.4, -0.2) is 25.0 Å². The molecule has 1 aliphatic heterocycles. The molecule has 0 amide bonds. The summed E-state index contributed by atoms with van der Waals surface area (Å²) in [5.41, 5.74) is 4.34. The molecule has 1 aliphatic rings. The Labute approximate surface area is 149 Å². The Morgan fingerprint density at radius 2 is 1.96 bits per heavy atom. The molecule has 6 heteroatoms. The molecule has 0 spiro atoms. The van der Waals surface area contributed by atoms with Gasteiger partial charge in [-0.15, -0.1) is 10.2 Å². The smallest absolute Gasteiger partial charge is 0.164 e. The third kappa shape index (κ3) is 2.27. The molecule has 0 aliphatic carbocycles. The number of hydrogen-bond acceptors (Lipinski definition) is 3. The van der Waals surface area contributed by atoms with Crippen molar-refractivity contribution in [1.29, 1.82) is 0 Å². The van der Waals surface area contributed by atoms with Crippen LogP contribution in [0, 0.1) is 6.92 Å². The van der Waals surface area contributed by atoms with E-state index in [-0.39, 0.29) is 6.04 Å². The maximum atomic E-state index is 6.04. The third-order valence-electron chi connectivity index (χ3n) is 4.98. The molecular formula is C19H16ClN5. The molecule has 1 unspecified atom stereocenters. The Morgan fingerprint density at radius 3 is 2.80 bits per heavy atom. The van der Waals surface area contributed by atoms with Crippen molar-refractivity contribution in [2.75, 3.05) is 0 Å². The van der Waals surface area contributed by atoms with Crippen molar-refractivity contribution in [3.63, 3.8) is 0 Å². The fourth-order valence-corrected chi connectivity index (χ4v) is 3.82. The quantitative estimate of drug-likeness (QED) is 0.586. The summed E-state index contributed by atoms with van der Waals surface area (Å²) >= 11 is 6.04. The molecule has 2 aromatic heterocycles. The van der Waals surface area contributed by atoms with Crippen molar-refractivity contribution in [2.24, 2.45) is 0 Å². The number of nitrogens with one attached hydrogen (secondary N) is 1. The fraction of sp³-hybridized carbons (Fsp3) is 0.211. The highest BCUT2D eigenvalue weighted by atomic mass is 35.5. The Balaban J connectivity index is 1.64. The maximum absolute atomic E-state index is 6.04. The first-order valence-electron chi connectivity index (χ1n) is 8.35. The summed E-state index contributed by atoms with van der Waals surface area (Å²) in [6.45, 7) is 2.03. The lowest BCUT2D eigenvalue weighted by molar-refractivity contribution is 0.622. The predicted octanol–water partition coefficient (Wildman–Crippen LogP) is 4.32. The van der Waals surface area contributed by atoms with Gasteiger partial charge < -0.3 is 4.57 Å². The van der Waals surface area contributed by atoms with Gasteiger partial charge in [0, 0.05) is 28.1 Å². The number of aromatic nitrogens is 5. The molecule has 5 nitrogen and oxygen atoms in total. The van der Waals surface area contributed by atoms with Crippen molar-refractivity contribution in [2.45, 2.75) is 25.8 Å². The van der Waals surface area contributed by atoms with Crippen LogP contribution in [0.25, 0.3) is 22.3 Å².